The number of aliphatic hydroxyl groups is 2. The summed E-state index contributed by atoms with van der Waals surface area (Å²) in [4.78, 5) is 30.8. The number of carbonyl (C=O) groups excluding carboxylic acids is 2. The number of amides is 1. The van der Waals surface area contributed by atoms with Crippen molar-refractivity contribution in [3.05, 3.63) is 33.4 Å². The van der Waals surface area contributed by atoms with E-state index in [1.807, 2.05) is 0 Å². The van der Waals surface area contributed by atoms with Crippen LogP contribution in [0.4, 0.5) is 4.39 Å². The maximum Gasteiger partial charge on any atom is 0.367 e. The molecule has 1 unspecified atom stereocenters. The summed E-state index contributed by atoms with van der Waals surface area (Å²) in [5.41, 5.74) is -2.83. The molecular weight excluding hydrogens is 463 g/mol. The number of likely N-dealkylation sites (tertiary alicyclic amines) is 1. The molecule has 2 N–H and O–H groups in total. The second-order valence-electron chi connectivity index (χ2n) is 8.70. The molecule has 0 saturated carbocycles. The van der Waals surface area contributed by atoms with Crippen molar-refractivity contribution in [1.82, 2.24) is 9.88 Å². The molecule has 1 saturated heterocycles. The van der Waals surface area contributed by atoms with Gasteiger partial charge in [-0.15, -0.1) is 11.3 Å². The van der Waals surface area contributed by atoms with Crippen molar-refractivity contribution in [3.63, 3.8) is 0 Å². The minimum atomic E-state index is -1.88. The Morgan fingerprint density at radius 2 is 2.15 bits per heavy atom. The highest BCUT2D eigenvalue weighted by atomic mass is 32.1. The summed E-state index contributed by atoms with van der Waals surface area (Å²) in [6, 6.07) is 2.52. The number of likely N-dealkylation sites (N-methyl/N-ethyl adjacent to an activating group) is 1. The standard InChI is InChI=1S/C24H25FN2O6S/c1-5-32-21(28)20-26-18-15-10-14(6-7-23(30)8-9-27(4)22(23)29)16(25)11-17(15)33-12-24(31,13(2)3)19(18)34-20/h10-11,13,30-31H,5,8-9,12H2,1-4H3/t23-,24?/m0/s1. The number of halogens is 1. The van der Waals surface area contributed by atoms with Gasteiger partial charge >= 0.3 is 5.97 Å². The number of carbonyl (C=O) groups is 2. The van der Waals surface area contributed by atoms with Gasteiger partial charge in [-0.25, -0.2) is 14.2 Å². The van der Waals surface area contributed by atoms with Gasteiger partial charge in [-0.1, -0.05) is 25.7 Å². The number of fused-ring (bicyclic) bond motifs is 3. The number of benzene rings is 1. The van der Waals surface area contributed by atoms with Gasteiger partial charge < -0.3 is 24.6 Å². The summed E-state index contributed by atoms with van der Waals surface area (Å²) < 4.78 is 25.8. The van der Waals surface area contributed by atoms with E-state index in [0.717, 1.165) is 17.4 Å². The molecular formula is C24H25FN2O6S. The van der Waals surface area contributed by atoms with Gasteiger partial charge in [0.1, 0.15) is 23.8 Å². The number of hydrogen-bond acceptors (Lipinski definition) is 8. The van der Waals surface area contributed by atoms with Crippen LogP contribution in [0.2, 0.25) is 0 Å². The normalized spacial score (nSPS) is 23.5. The van der Waals surface area contributed by atoms with E-state index in [1.54, 1.807) is 27.8 Å². The van der Waals surface area contributed by atoms with E-state index in [1.165, 1.54) is 11.0 Å². The fourth-order valence-corrected chi connectivity index (χ4v) is 5.05. The second-order valence-corrected chi connectivity index (χ2v) is 9.70. The summed E-state index contributed by atoms with van der Waals surface area (Å²) in [5.74, 6) is 3.04. The Morgan fingerprint density at radius 3 is 2.76 bits per heavy atom. The Bertz CT molecular complexity index is 1230. The monoisotopic (exact) mass is 488 g/mol. The Balaban J connectivity index is 1.85. The predicted molar refractivity (Wildman–Crippen MR) is 122 cm³/mol. The van der Waals surface area contributed by atoms with Crippen molar-refractivity contribution in [2.24, 2.45) is 5.92 Å². The van der Waals surface area contributed by atoms with Crippen LogP contribution in [-0.2, 0) is 15.1 Å². The molecule has 0 aliphatic carbocycles. The van der Waals surface area contributed by atoms with Gasteiger partial charge in [-0.2, -0.15) is 0 Å². The number of esters is 1. The van der Waals surface area contributed by atoms with Gasteiger partial charge in [0, 0.05) is 31.6 Å². The van der Waals surface area contributed by atoms with Crippen LogP contribution < -0.4 is 4.74 Å². The van der Waals surface area contributed by atoms with Crippen molar-refractivity contribution in [2.45, 2.75) is 38.4 Å². The summed E-state index contributed by atoms with van der Waals surface area (Å²) in [7, 11) is 1.56. The minimum Gasteiger partial charge on any atom is -0.489 e. The van der Waals surface area contributed by atoms with Crippen LogP contribution in [0.1, 0.15) is 47.4 Å². The van der Waals surface area contributed by atoms with E-state index in [9.17, 15) is 24.2 Å². The maximum atomic E-state index is 14.9. The number of nitrogens with zero attached hydrogens (tertiary/aromatic N) is 2. The summed E-state index contributed by atoms with van der Waals surface area (Å²) in [6.07, 6.45) is 0.117. The lowest BCUT2D eigenvalue weighted by Crippen LogP contribution is -2.37. The topological polar surface area (TPSA) is 109 Å². The first kappa shape index (κ1) is 24.1. The van der Waals surface area contributed by atoms with E-state index in [2.05, 4.69) is 16.8 Å². The Labute approximate surface area is 200 Å². The smallest absolute Gasteiger partial charge is 0.367 e. The van der Waals surface area contributed by atoms with Crippen molar-refractivity contribution in [3.8, 4) is 28.8 Å². The van der Waals surface area contributed by atoms with Crippen molar-refractivity contribution in [1.29, 1.82) is 0 Å². The van der Waals surface area contributed by atoms with E-state index >= 15 is 0 Å². The number of thiazole rings is 1. The molecule has 0 bridgehead atoms. The van der Waals surface area contributed by atoms with Crippen LogP contribution in [0.5, 0.6) is 5.75 Å². The number of hydrogen-bond donors (Lipinski definition) is 2. The van der Waals surface area contributed by atoms with Crippen LogP contribution in [0, 0.1) is 23.6 Å². The first-order chi connectivity index (χ1) is 16.0. The molecule has 10 heteroatoms. The highest BCUT2D eigenvalue weighted by molar-refractivity contribution is 7.14. The lowest BCUT2D eigenvalue weighted by Gasteiger charge is -2.29. The number of rotatable bonds is 3. The molecule has 4 rings (SSSR count). The highest BCUT2D eigenvalue weighted by Gasteiger charge is 2.44. The summed E-state index contributed by atoms with van der Waals surface area (Å²) >= 11 is 1.00. The first-order valence-corrected chi connectivity index (χ1v) is 11.7. The lowest BCUT2D eigenvalue weighted by molar-refractivity contribution is -0.137. The van der Waals surface area contributed by atoms with Crippen molar-refractivity contribution < 1.29 is 33.7 Å². The molecule has 1 amide bonds. The van der Waals surface area contributed by atoms with Crippen LogP contribution in [0.15, 0.2) is 12.1 Å². The third-order valence-corrected chi connectivity index (χ3v) is 7.31. The minimum absolute atomic E-state index is 0.0598. The van der Waals surface area contributed by atoms with Crippen LogP contribution in [0.3, 0.4) is 0 Å². The third kappa shape index (κ3) is 3.94. The molecule has 2 aromatic rings. The van der Waals surface area contributed by atoms with E-state index < -0.39 is 28.9 Å². The molecule has 8 nitrogen and oxygen atoms in total. The zero-order chi connectivity index (χ0) is 24.8. The Kier molecular flexibility index (Phi) is 6.14. The van der Waals surface area contributed by atoms with E-state index in [0.29, 0.717) is 17.0 Å². The number of aromatic nitrogens is 1. The summed E-state index contributed by atoms with van der Waals surface area (Å²) in [5, 5.41) is 22.1. The molecule has 1 fully saturated rings. The quantitative estimate of drug-likeness (QED) is 0.504. The average Bonchev–Trinajstić information content (AvgIpc) is 3.32. The zero-order valence-electron chi connectivity index (χ0n) is 19.3. The molecule has 0 spiro atoms. The van der Waals surface area contributed by atoms with Crippen molar-refractivity contribution in [2.75, 3.05) is 26.8 Å². The van der Waals surface area contributed by atoms with E-state index in [-0.39, 0.29) is 47.6 Å². The second kappa shape index (κ2) is 8.65. The van der Waals surface area contributed by atoms with Crippen LogP contribution in [-0.4, -0.2) is 64.4 Å². The number of ether oxygens (including phenoxy) is 2. The van der Waals surface area contributed by atoms with Gasteiger partial charge in [0.25, 0.3) is 5.91 Å². The van der Waals surface area contributed by atoms with Crippen LogP contribution in [0.25, 0.3) is 11.3 Å². The molecule has 0 radical (unpaired) electrons. The SMILES string of the molecule is CCOC(=O)c1nc2c(s1)C(O)(C(C)C)COc1cc(F)c(C#C[C@]3(O)CCN(C)C3=O)cc1-2. The molecule has 180 valence electrons. The van der Waals surface area contributed by atoms with Gasteiger partial charge in [0.15, 0.2) is 0 Å². The molecule has 2 aliphatic heterocycles. The molecule has 34 heavy (non-hydrogen) atoms. The molecule has 1 aromatic carbocycles. The summed E-state index contributed by atoms with van der Waals surface area (Å²) in [6.45, 7) is 5.64. The van der Waals surface area contributed by atoms with Gasteiger partial charge in [-0.3, -0.25) is 4.79 Å². The highest BCUT2D eigenvalue weighted by Crippen LogP contribution is 2.47. The predicted octanol–water partition coefficient (Wildman–Crippen LogP) is 2.31. The van der Waals surface area contributed by atoms with Crippen LogP contribution >= 0.6 is 11.3 Å². The van der Waals surface area contributed by atoms with Gasteiger partial charge in [-0.05, 0) is 18.9 Å². The third-order valence-electron chi connectivity index (χ3n) is 6.11. The van der Waals surface area contributed by atoms with Gasteiger partial charge in [0.05, 0.1) is 22.7 Å². The van der Waals surface area contributed by atoms with Gasteiger partial charge in [0.2, 0.25) is 10.6 Å². The fourth-order valence-electron chi connectivity index (χ4n) is 3.85. The lowest BCUT2D eigenvalue weighted by atomic mass is 9.88. The van der Waals surface area contributed by atoms with E-state index in [4.69, 9.17) is 9.47 Å². The molecule has 2 atom stereocenters. The fraction of sp³-hybridized carbons (Fsp3) is 0.458. The van der Waals surface area contributed by atoms with Crippen molar-refractivity contribution >= 4 is 23.2 Å². The maximum absolute atomic E-state index is 14.9. The Hall–Kier alpha value is -3.00. The average molecular weight is 489 g/mol. The molecule has 2 aliphatic rings. The molecule has 1 aromatic heterocycles. The zero-order valence-corrected chi connectivity index (χ0v) is 20.1. The first-order valence-electron chi connectivity index (χ1n) is 10.9. The molecule has 3 heterocycles. The largest absolute Gasteiger partial charge is 0.489 e. The Morgan fingerprint density at radius 1 is 1.41 bits per heavy atom.